The Balaban J connectivity index is 1.84. The highest BCUT2D eigenvalue weighted by atomic mass is 16.1. The quantitative estimate of drug-likeness (QED) is 0.674. The van der Waals surface area contributed by atoms with E-state index in [9.17, 15) is 4.79 Å². The number of aryl methyl sites for hydroxylation is 1. The monoisotopic (exact) mass is 280 g/mol. The highest BCUT2D eigenvalue weighted by Gasteiger charge is 2.13. The van der Waals surface area contributed by atoms with Crippen LogP contribution in [0.4, 0.5) is 0 Å². The van der Waals surface area contributed by atoms with E-state index in [0.717, 1.165) is 29.8 Å². The molecule has 0 aliphatic carbocycles. The number of ketones is 1. The third-order valence-electron chi connectivity index (χ3n) is 3.32. The number of Topliss-reactive ketones (excluding diaryl/α,β-unsaturated/α-hetero) is 1. The number of aromatic nitrogens is 4. The third-order valence-corrected chi connectivity index (χ3v) is 3.32. The molecule has 2 aromatic heterocycles. The van der Waals surface area contributed by atoms with Crippen molar-refractivity contribution in [2.24, 2.45) is 0 Å². The number of benzene rings is 1. The van der Waals surface area contributed by atoms with Gasteiger partial charge < -0.3 is 4.57 Å². The lowest BCUT2D eigenvalue weighted by Gasteiger charge is -2.05. The first-order valence-electron chi connectivity index (χ1n) is 7.03. The van der Waals surface area contributed by atoms with Crippen LogP contribution in [-0.4, -0.2) is 25.3 Å². The fourth-order valence-corrected chi connectivity index (χ4v) is 2.28. The summed E-state index contributed by atoms with van der Waals surface area (Å²) in [6.07, 6.45) is 6.42. The molecular formula is C16H16N4O. The van der Waals surface area contributed by atoms with Crippen LogP contribution in [0.3, 0.4) is 0 Å². The zero-order chi connectivity index (χ0) is 14.7. The van der Waals surface area contributed by atoms with Crippen molar-refractivity contribution in [3.8, 4) is 0 Å². The third kappa shape index (κ3) is 2.81. The van der Waals surface area contributed by atoms with Gasteiger partial charge in [-0.3, -0.25) is 9.78 Å². The van der Waals surface area contributed by atoms with Crippen LogP contribution in [0.25, 0.3) is 11.0 Å². The standard InChI is InChI=1S/C16H16N4O/c1-2-8-20-9-7-17-16(20)10-15(21)14-11-18-12-5-3-4-6-13(12)19-14/h3-7,9,11H,2,8,10H2,1H3. The summed E-state index contributed by atoms with van der Waals surface area (Å²) in [7, 11) is 0. The van der Waals surface area contributed by atoms with Crippen molar-refractivity contribution >= 4 is 16.8 Å². The predicted molar refractivity (Wildman–Crippen MR) is 80.1 cm³/mol. The van der Waals surface area contributed by atoms with Crippen LogP contribution < -0.4 is 0 Å². The lowest BCUT2D eigenvalue weighted by Crippen LogP contribution is -2.12. The average molecular weight is 280 g/mol. The van der Waals surface area contributed by atoms with Gasteiger partial charge >= 0.3 is 0 Å². The van der Waals surface area contributed by atoms with Crippen molar-refractivity contribution in [1.29, 1.82) is 0 Å². The minimum atomic E-state index is -0.0585. The number of hydrogen-bond donors (Lipinski definition) is 0. The smallest absolute Gasteiger partial charge is 0.190 e. The molecule has 3 aromatic rings. The van der Waals surface area contributed by atoms with Crippen molar-refractivity contribution in [2.75, 3.05) is 0 Å². The van der Waals surface area contributed by atoms with Gasteiger partial charge in [-0.15, -0.1) is 0 Å². The maximum absolute atomic E-state index is 12.4. The molecule has 0 radical (unpaired) electrons. The highest BCUT2D eigenvalue weighted by molar-refractivity contribution is 5.96. The SMILES string of the molecule is CCCn1ccnc1CC(=O)c1cnc2ccccc2n1. The number of para-hydroxylation sites is 2. The molecule has 0 fully saturated rings. The first-order valence-corrected chi connectivity index (χ1v) is 7.03. The van der Waals surface area contributed by atoms with Crippen molar-refractivity contribution in [2.45, 2.75) is 26.3 Å². The molecule has 5 nitrogen and oxygen atoms in total. The van der Waals surface area contributed by atoms with Crippen molar-refractivity contribution in [3.63, 3.8) is 0 Å². The summed E-state index contributed by atoms with van der Waals surface area (Å²) in [6.45, 7) is 2.96. The Morgan fingerprint density at radius 2 is 2.00 bits per heavy atom. The number of imidazole rings is 1. The first-order chi connectivity index (χ1) is 10.3. The summed E-state index contributed by atoms with van der Waals surface area (Å²) in [5.74, 6) is 0.716. The van der Waals surface area contributed by atoms with Crippen molar-refractivity contribution < 1.29 is 4.79 Å². The molecule has 0 aliphatic rings. The van der Waals surface area contributed by atoms with Crippen LogP contribution in [-0.2, 0) is 13.0 Å². The van der Waals surface area contributed by atoms with Gasteiger partial charge in [-0.25, -0.2) is 9.97 Å². The average Bonchev–Trinajstić information content (AvgIpc) is 2.94. The van der Waals surface area contributed by atoms with Crippen LogP contribution in [0.5, 0.6) is 0 Å². The molecule has 3 rings (SSSR count). The van der Waals surface area contributed by atoms with Crippen LogP contribution in [0.15, 0.2) is 42.9 Å². The molecule has 0 bridgehead atoms. The highest BCUT2D eigenvalue weighted by Crippen LogP contribution is 2.10. The van der Waals surface area contributed by atoms with Gasteiger partial charge in [-0.1, -0.05) is 19.1 Å². The fraction of sp³-hybridized carbons (Fsp3) is 0.250. The number of carbonyl (C=O) groups is 1. The Hall–Kier alpha value is -2.56. The number of hydrogen-bond acceptors (Lipinski definition) is 4. The van der Waals surface area contributed by atoms with Crippen molar-refractivity contribution in [3.05, 3.63) is 54.4 Å². The molecule has 1 aromatic carbocycles. The summed E-state index contributed by atoms with van der Waals surface area (Å²) in [6, 6.07) is 7.53. The van der Waals surface area contributed by atoms with E-state index in [2.05, 4.69) is 21.9 Å². The first kappa shape index (κ1) is 13.4. The lowest BCUT2D eigenvalue weighted by molar-refractivity contribution is 0.0985. The second kappa shape index (κ2) is 5.83. The largest absolute Gasteiger partial charge is 0.335 e. The van der Waals surface area contributed by atoms with Gasteiger partial charge in [-0.2, -0.15) is 0 Å². The van der Waals surface area contributed by atoms with Gasteiger partial charge in [-0.05, 0) is 18.6 Å². The molecule has 2 heterocycles. The Morgan fingerprint density at radius 1 is 1.19 bits per heavy atom. The van der Waals surface area contributed by atoms with Crippen LogP contribution in [0.2, 0.25) is 0 Å². The van der Waals surface area contributed by atoms with Gasteiger partial charge in [0.25, 0.3) is 0 Å². The molecule has 21 heavy (non-hydrogen) atoms. The molecule has 0 saturated carbocycles. The summed E-state index contributed by atoms with van der Waals surface area (Å²) < 4.78 is 2.01. The van der Waals surface area contributed by atoms with Gasteiger partial charge in [0.2, 0.25) is 0 Å². The Morgan fingerprint density at radius 3 is 2.81 bits per heavy atom. The Kier molecular flexibility index (Phi) is 3.73. The molecule has 0 unspecified atom stereocenters. The minimum Gasteiger partial charge on any atom is -0.335 e. The Bertz CT molecular complexity index is 779. The summed E-state index contributed by atoms with van der Waals surface area (Å²) in [5, 5.41) is 0. The van der Waals surface area contributed by atoms with Gasteiger partial charge in [0.1, 0.15) is 11.5 Å². The van der Waals surface area contributed by atoms with E-state index in [-0.39, 0.29) is 12.2 Å². The molecule has 0 atom stereocenters. The van der Waals surface area contributed by atoms with E-state index in [4.69, 9.17) is 0 Å². The van der Waals surface area contributed by atoms with E-state index in [1.807, 2.05) is 35.0 Å². The normalized spacial score (nSPS) is 10.9. The zero-order valence-corrected chi connectivity index (χ0v) is 11.9. The van der Waals surface area contributed by atoms with Crippen molar-refractivity contribution in [1.82, 2.24) is 19.5 Å². The number of rotatable bonds is 5. The summed E-state index contributed by atoms with van der Waals surface area (Å²) >= 11 is 0. The fourth-order valence-electron chi connectivity index (χ4n) is 2.28. The van der Waals surface area contributed by atoms with Crippen LogP contribution in [0.1, 0.15) is 29.7 Å². The molecule has 5 heteroatoms. The molecular weight excluding hydrogens is 264 g/mol. The van der Waals surface area contributed by atoms with E-state index in [1.165, 1.54) is 6.20 Å². The second-order valence-electron chi connectivity index (χ2n) is 4.88. The number of nitrogens with zero attached hydrogens (tertiary/aromatic N) is 4. The maximum Gasteiger partial charge on any atom is 0.190 e. The van der Waals surface area contributed by atoms with E-state index in [0.29, 0.717) is 5.69 Å². The molecule has 106 valence electrons. The van der Waals surface area contributed by atoms with E-state index in [1.54, 1.807) is 6.20 Å². The molecule has 0 amide bonds. The van der Waals surface area contributed by atoms with Crippen LogP contribution >= 0.6 is 0 Å². The number of fused-ring (bicyclic) bond motifs is 1. The molecule has 0 aliphatic heterocycles. The van der Waals surface area contributed by atoms with Gasteiger partial charge in [0.15, 0.2) is 5.78 Å². The minimum absolute atomic E-state index is 0.0585. The predicted octanol–water partition coefficient (Wildman–Crippen LogP) is 2.66. The van der Waals surface area contributed by atoms with E-state index < -0.39 is 0 Å². The van der Waals surface area contributed by atoms with Gasteiger partial charge in [0.05, 0.1) is 23.7 Å². The number of carbonyl (C=O) groups excluding carboxylic acids is 1. The molecule has 0 spiro atoms. The Labute approximate surface area is 122 Å². The molecule has 0 N–H and O–H groups in total. The maximum atomic E-state index is 12.4. The van der Waals surface area contributed by atoms with Gasteiger partial charge in [0, 0.05) is 18.9 Å². The summed E-state index contributed by atoms with van der Waals surface area (Å²) in [4.78, 5) is 25.3. The zero-order valence-electron chi connectivity index (χ0n) is 11.9. The summed E-state index contributed by atoms with van der Waals surface area (Å²) in [5.41, 5.74) is 1.92. The topological polar surface area (TPSA) is 60.7 Å². The lowest BCUT2D eigenvalue weighted by atomic mass is 10.2. The second-order valence-corrected chi connectivity index (χ2v) is 4.88. The van der Waals surface area contributed by atoms with Crippen LogP contribution in [0, 0.1) is 0 Å². The molecule has 0 saturated heterocycles. The van der Waals surface area contributed by atoms with E-state index >= 15 is 0 Å².